The average molecular weight is 553 g/mol. The number of carbonyl (C=O) groups excluding carboxylic acids is 1. The van der Waals surface area contributed by atoms with Crippen LogP contribution in [0.15, 0.2) is 53.5 Å². The van der Waals surface area contributed by atoms with E-state index < -0.39 is 0 Å². The lowest BCUT2D eigenvalue weighted by molar-refractivity contribution is -0.121. The van der Waals surface area contributed by atoms with Gasteiger partial charge in [0.1, 0.15) is 5.39 Å². The summed E-state index contributed by atoms with van der Waals surface area (Å²) < 4.78 is 9.03. The average Bonchev–Trinajstić information content (AvgIpc) is 3.22. The van der Waals surface area contributed by atoms with E-state index in [2.05, 4.69) is 54.3 Å². The molecule has 11 heteroatoms. The van der Waals surface area contributed by atoms with Crippen molar-refractivity contribution in [2.75, 3.05) is 37.0 Å². The van der Waals surface area contributed by atoms with Crippen molar-refractivity contribution in [2.24, 2.45) is 5.41 Å². The summed E-state index contributed by atoms with van der Waals surface area (Å²) in [6.07, 6.45) is 7.37. The number of hydrogen-bond donors (Lipinski definition) is 1. The predicted octanol–water partition coefficient (Wildman–Crippen LogP) is 3.42. The number of rotatable bonds is 2. The highest BCUT2D eigenvalue weighted by molar-refractivity contribution is 5.97. The van der Waals surface area contributed by atoms with Gasteiger partial charge in [0.2, 0.25) is 5.95 Å². The highest BCUT2D eigenvalue weighted by Gasteiger charge is 2.33. The summed E-state index contributed by atoms with van der Waals surface area (Å²) in [7, 11) is 2.12. The first-order valence-corrected chi connectivity index (χ1v) is 13.9. The molecular formula is C30H32N8O3. The zero-order chi connectivity index (χ0) is 28.3. The number of nitrogens with zero attached hydrogens (tertiary/aromatic N) is 7. The Labute approximate surface area is 237 Å². The fourth-order valence-corrected chi connectivity index (χ4v) is 5.81. The van der Waals surface area contributed by atoms with Crippen molar-refractivity contribution in [3.8, 4) is 11.6 Å². The summed E-state index contributed by atoms with van der Waals surface area (Å²) in [6, 6.07) is 9.92. The molecule has 1 amide bonds. The van der Waals surface area contributed by atoms with Gasteiger partial charge in [-0.25, -0.2) is 19.3 Å². The van der Waals surface area contributed by atoms with Crippen LogP contribution in [0.4, 0.5) is 17.5 Å². The van der Waals surface area contributed by atoms with Gasteiger partial charge < -0.3 is 15.0 Å². The molecule has 0 atom stereocenters. The summed E-state index contributed by atoms with van der Waals surface area (Å²) in [6.45, 7) is 6.98. The zero-order valence-electron chi connectivity index (χ0n) is 23.4. The molecule has 3 aliphatic heterocycles. The maximum atomic E-state index is 13.6. The van der Waals surface area contributed by atoms with Crippen LogP contribution in [0.5, 0.6) is 5.75 Å². The van der Waals surface area contributed by atoms with Crippen LogP contribution >= 0.6 is 0 Å². The van der Waals surface area contributed by atoms with E-state index in [1.54, 1.807) is 32.6 Å². The molecule has 2 bridgehead atoms. The topological polar surface area (TPSA) is 110 Å². The fraction of sp³-hybridized carbons (Fsp3) is 0.367. The molecule has 4 aromatic rings. The Morgan fingerprint density at radius 1 is 1.05 bits per heavy atom. The van der Waals surface area contributed by atoms with Crippen molar-refractivity contribution in [2.45, 2.75) is 39.8 Å². The Bertz CT molecular complexity index is 1790. The first-order chi connectivity index (χ1) is 19.8. The molecule has 7 rings (SSSR count). The van der Waals surface area contributed by atoms with Crippen molar-refractivity contribution in [3.05, 3.63) is 70.2 Å². The molecule has 0 aliphatic carbocycles. The molecule has 6 heterocycles. The number of likely N-dealkylation sites (N-methyl/N-ethyl adjacent to an activating group) is 1. The van der Waals surface area contributed by atoms with Crippen molar-refractivity contribution < 1.29 is 9.53 Å². The third-order valence-corrected chi connectivity index (χ3v) is 7.99. The van der Waals surface area contributed by atoms with Gasteiger partial charge in [-0.1, -0.05) is 32.1 Å². The van der Waals surface area contributed by atoms with E-state index in [1.165, 1.54) is 11.1 Å². The van der Waals surface area contributed by atoms with Gasteiger partial charge in [0.25, 0.3) is 11.5 Å². The number of nitrogens with one attached hydrogen (secondary N) is 1. The summed E-state index contributed by atoms with van der Waals surface area (Å²) in [5.41, 5.74) is 3.54. The molecule has 0 saturated carbocycles. The summed E-state index contributed by atoms with van der Waals surface area (Å²) in [4.78, 5) is 44.7. The lowest BCUT2D eigenvalue weighted by atomic mass is 9.88. The fourth-order valence-electron chi connectivity index (χ4n) is 5.81. The van der Waals surface area contributed by atoms with Crippen LogP contribution in [0, 0.1) is 5.41 Å². The maximum Gasteiger partial charge on any atom is 0.278 e. The van der Waals surface area contributed by atoms with Crippen molar-refractivity contribution in [3.63, 3.8) is 0 Å². The molecular weight excluding hydrogens is 520 g/mol. The SMILES string of the molecule is CN1CCc2ccc(Nc3ncc4c(=O)n5n(c4n3)-c3ccc4c(n3)N(CC(C)(C)CC=CC5)C(=O)CO4)cc2C1. The van der Waals surface area contributed by atoms with Gasteiger partial charge in [0.15, 0.2) is 29.6 Å². The summed E-state index contributed by atoms with van der Waals surface area (Å²) in [5, 5.41) is 3.71. The largest absolute Gasteiger partial charge is 0.480 e. The van der Waals surface area contributed by atoms with Crippen molar-refractivity contribution in [1.82, 2.24) is 29.2 Å². The molecule has 1 N–H and O–H groups in total. The standard InChI is InChI=1S/C30H32N8O3/c1-30(2)11-4-5-12-37-28(40)22-15-31-29(32-21-7-6-19-10-13-35(3)16-20(19)14-21)34-26(22)38(37)24-9-8-23-27(33-24)36(18-30)25(39)17-41-23/h4-9,14-15H,10-13,16-18H2,1-3H3,(H,31,32,34). The molecule has 0 saturated heterocycles. The summed E-state index contributed by atoms with van der Waals surface area (Å²) in [5.74, 6) is 1.69. The number of anilines is 3. The van der Waals surface area contributed by atoms with Gasteiger partial charge in [-0.05, 0) is 60.7 Å². The Hall–Kier alpha value is -4.51. The van der Waals surface area contributed by atoms with Gasteiger partial charge in [-0.3, -0.25) is 14.5 Å². The smallest absolute Gasteiger partial charge is 0.278 e. The minimum Gasteiger partial charge on any atom is -0.480 e. The molecule has 0 fully saturated rings. The van der Waals surface area contributed by atoms with Gasteiger partial charge in [-0.2, -0.15) is 4.98 Å². The number of pyridine rings is 1. The Morgan fingerprint density at radius 2 is 1.93 bits per heavy atom. The molecule has 41 heavy (non-hydrogen) atoms. The number of ether oxygens (including phenoxy) is 1. The molecule has 0 unspecified atom stereocenters. The summed E-state index contributed by atoms with van der Waals surface area (Å²) >= 11 is 0. The second kappa shape index (κ2) is 9.55. The van der Waals surface area contributed by atoms with Crippen molar-refractivity contribution in [1.29, 1.82) is 0 Å². The van der Waals surface area contributed by atoms with Crippen LogP contribution in [0.3, 0.4) is 0 Å². The van der Waals surface area contributed by atoms with Crippen LogP contribution in [-0.4, -0.2) is 61.9 Å². The van der Waals surface area contributed by atoms with E-state index in [1.807, 2.05) is 12.1 Å². The molecule has 11 nitrogen and oxygen atoms in total. The Kier molecular flexibility index (Phi) is 5.93. The number of benzene rings is 1. The van der Waals surface area contributed by atoms with E-state index in [-0.39, 0.29) is 23.5 Å². The molecule has 0 spiro atoms. The Balaban J connectivity index is 1.35. The number of allylic oxidation sites excluding steroid dienone is 2. The van der Waals surface area contributed by atoms with Crippen LogP contribution in [0.1, 0.15) is 31.4 Å². The monoisotopic (exact) mass is 552 g/mol. The van der Waals surface area contributed by atoms with Crippen LogP contribution in [-0.2, 0) is 24.3 Å². The molecule has 0 radical (unpaired) electrons. The van der Waals surface area contributed by atoms with E-state index in [0.29, 0.717) is 47.5 Å². The zero-order valence-corrected chi connectivity index (χ0v) is 23.4. The van der Waals surface area contributed by atoms with E-state index in [4.69, 9.17) is 14.7 Å². The highest BCUT2D eigenvalue weighted by atomic mass is 16.5. The third kappa shape index (κ3) is 4.55. The van der Waals surface area contributed by atoms with E-state index >= 15 is 0 Å². The number of fused-ring (bicyclic) bond motifs is 6. The number of amides is 1. The van der Waals surface area contributed by atoms with E-state index in [9.17, 15) is 9.59 Å². The first kappa shape index (κ1) is 25.5. The van der Waals surface area contributed by atoms with Crippen LogP contribution < -0.4 is 20.5 Å². The quantitative estimate of drug-likeness (QED) is 0.377. The van der Waals surface area contributed by atoms with Gasteiger partial charge in [0, 0.05) is 31.5 Å². The van der Waals surface area contributed by atoms with Crippen LogP contribution in [0.2, 0.25) is 0 Å². The minimum atomic E-state index is -0.215. The molecule has 1 aromatic carbocycles. The first-order valence-electron chi connectivity index (χ1n) is 13.9. The van der Waals surface area contributed by atoms with Gasteiger partial charge >= 0.3 is 0 Å². The lowest BCUT2D eigenvalue weighted by Crippen LogP contribution is -2.44. The molecule has 210 valence electrons. The Morgan fingerprint density at radius 3 is 2.80 bits per heavy atom. The normalized spacial score (nSPS) is 18.2. The number of carbonyl (C=O) groups is 1. The highest BCUT2D eigenvalue weighted by Crippen LogP contribution is 2.35. The minimum absolute atomic E-state index is 0.0294. The van der Waals surface area contributed by atoms with Gasteiger partial charge in [-0.15, -0.1) is 0 Å². The predicted molar refractivity (Wildman–Crippen MR) is 156 cm³/mol. The maximum absolute atomic E-state index is 13.6. The number of hydrogen-bond acceptors (Lipinski definition) is 8. The third-order valence-electron chi connectivity index (χ3n) is 7.99. The van der Waals surface area contributed by atoms with E-state index in [0.717, 1.165) is 31.6 Å². The second-order valence-corrected chi connectivity index (χ2v) is 11.8. The number of aromatic nitrogens is 5. The molecule has 3 aromatic heterocycles. The lowest BCUT2D eigenvalue weighted by Gasteiger charge is -2.35. The van der Waals surface area contributed by atoms with Gasteiger partial charge in [0.05, 0.1) is 6.54 Å². The van der Waals surface area contributed by atoms with Crippen LogP contribution in [0.25, 0.3) is 16.9 Å². The second-order valence-electron chi connectivity index (χ2n) is 11.8. The van der Waals surface area contributed by atoms with Crippen molar-refractivity contribution >= 4 is 34.4 Å². The molecule has 3 aliphatic rings.